The molecular weight excluding hydrogens is 461 g/mol. The molecule has 22 heavy (non-hydrogen) atoms. The van der Waals surface area contributed by atoms with Crippen LogP contribution >= 0.6 is 38.5 Å². The van der Waals surface area contributed by atoms with E-state index in [0.29, 0.717) is 13.2 Å². The molecule has 0 aliphatic carbocycles. The molecule has 0 bridgehead atoms. The number of halogens is 2. The summed E-state index contributed by atoms with van der Waals surface area (Å²) in [7, 11) is 0. The molecule has 0 aliphatic heterocycles. The molecule has 0 aliphatic rings. The second-order valence-electron chi connectivity index (χ2n) is 4.41. The highest BCUT2D eigenvalue weighted by Crippen LogP contribution is 2.26. The predicted molar refractivity (Wildman–Crippen MR) is 97.0 cm³/mol. The number of carbonyl (C=O) groups is 1. The monoisotopic (exact) mass is 475 g/mol. The zero-order chi connectivity index (χ0) is 15.8. The van der Waals surface area contributed by atoms with Gasteiger partial charge in [-0.25, -0.2) is 4.79 Å². The van der Waals surface area contributed by atoms with E-state index in [-0.39, 0.29) is 6.61 Å². The molecule has 0 unspecified atom stereocenters. The average Bonchev–Trinajstić information content (AvgIpc) is 2.53. The summed E-state index contributed by atoms with van der Waals surface area (Å²) in [6.07, 6.45) is -0.450. The van der Waals surface area contributed by atoms with Crippen molar-refractivity contribution in [3.8, 4) is 5.75 Å². The van der Waals surface area contributed by atoms with Crippen molar-refractivity contribution in [1.82, 2.24) is 5.32 Å². The third-order valence-corrected chi connectivity index (χ3v) is 4.06. The number of ether oxygens (including phenoxy) is 2. The van der Waals surface area contributed by atoms with Crippen LogP contribution in [0.25, 0.3) is 0 Å². The minimum atomic E-state index is -0.450. The van der Waals surface area contributed by atoms with E-state index in [1.807, 2.05) is 48.5 Å². The second-order valence-corrected chi connectivity index (χ2v) is 6.51. The van der Waals surface area contributed by atoms with Gasteiger partial charge in [0.05, 0.1) is 11.0 Å². The molecule has 0 saturated heterocycles. The van der Waals surface area contributed by atoms with E-state index >= 15 is 0 Å². The number of alkyl carbamates (subject to hydrolysis) is 1. The Bertz CT molecular complexity index is 622. The summed E-state index contributed by atoms with van der Waals surface area (Å²) in [5, 5.41) is 2.65. The quantitative estimate of drug-likeness (QED) is 0.498. The van der Waals surface area contributed by atoms with E-state index in [4.69, 9.17) is 9.47 Å². The van der Waals surface area contributed by atoms with Crippen LogP contribution in [0.4, 0.5) is 4.79 Å². The van der Waals surface area contributed by atoms with Crippen LogP contribution in [0.5, 0.6) is 5.75 Å². The molecule has 0 radical (unpaired) electrons. The fraction of sp³-hybridized carbons (Fsp3) is 0.188. The maximum Gasteiger partial charge on any atom is 0.407 e. The molecule has 2 aromatic carbocycles. The van der Waals surface area contributed by atoms with Crippen molar-refractivity contribution in [3.63, 3.8) is 0 Å². The summed E-state index contributed by atoms with van der Waals surface area (Å²) in [6, 6.07) is 15.4. The van der Waals surface area contributed by atoms with Crippen molar-refractivity contribution in [2.45, 2.75) is 6.61 Å². The Balaban J connectivity index is 1.66. The van der Waals surface area contributed by atoms with Gasteiger partial charge in [-0.15, -0.1) is 0 Å². The largest absolute Gasteiger partial charge is 0.491 e. The third kappa shape index (κ3) is 5.84. The lowest BCUT2D eigenvalue weighted by Crippen LogP contribution is -2.28. The van der Waals surface area contributed by atoms with Crippen molar-refractivity contribution in [1.29, 1.82) is 0 Å². The highest BCUT2D eigenvalue weighted by molar-refractivity contribution is 14.1. The van der Waals surface area contributed by atoms with E-state index in [1.54, 1.807) is 0 Å². The van der Waals surface area contributed by atoms with Gasteiger partial charge in [0, 0.05) is 3.57 Å². The first-order chi connectivity index (χ1) is 10.6. The summed E-state index contributed by atoms with van der Waals surface area (Å²) in [4.78, 5) is 11.5. The lowest BCUT2D eigenvalue weighted by atomic mass is 10.2. The molecule has 0 heterocycles. The first kappa shape index (κ1) is 17.1. The van der Waals surface area contributed by atoms with Crippen LogP contribution < -0.4 is 10.1 Å². The molecule has 4 nitrogen and oxygen atoms in total. The Hall–Kier alpha value is -1.28. The minimum absolute atomic E-state index is 0.260. The fourth-order valence-corrected chi connectivity index (χ4v) is 2.50. The first-order valence-corrected chi connectivity index (χ1v) is 8.55. The predicted octanol–water partition coefficient (Wildman–Crippen LogP) is 4.36. The summed E-state index contributed by atoms with van der Waals surface area (Å²) in [6.45, 7) is 1.01. The Labute approximate surface area is 151 Å². The number of hydrogen-bond donors (Lipinski definition) is 1. The van der Waals surface area contributed by atoms with Gasteiger partial charge in [0.2, 0.25) is 0 Å². The van der Waals surface area contributed by atoms with Gasteiger partial charge in [-0.3, -0.25) is 0 Å². The van der Waals surface area contributed by atoms with Gasteiger partial charge in [-0.1, -0.05) is 30.3 Å². The van der Waals surface area contributed by atoms with Crippen LogP contribution in [0.2, 0.25) is 0 Å². The van der Waals surface area contributed by atoms with E-state index in [9.17, 15) is 4.79 Å². The number of benzene rings is 2. The lowest BCUT2D eigenvalue weighted by Gasteiger charge is -2.10. The highest BCUT2D eigenvalue weighted by Gasteiger charge is 2.04. The summed E-state index contributed by atoms with van der Waals surface area (Å²) < 4.78 is 12.7. The normalized spacial score (nSPS) is 10.1. The minimum Gasteiger partial charge on any atom is -0.491 e. The Morgan fingerprint density at radius 3 is 2.73 bits per heavy atom. The Morgan fingerprint density at radius 1 is 1.18 bits per heavy atom. The molecule has 0 atom stereocenters. The highest BCUT2D eigenvalue weighted by atomic mass is 127. The van der Waals surface area contributed by atoms with Gasteiger partial charge < -0.3 is 14.8 Å². The Morgan fingerprint density at radius 2 is 1.95 bits per heavy atom. The van der Waals surface area contributed by atoms with Gasteiger partial charge in [0.1, 0.15) is 19.0 Å². The van der Waals surface area contributed by atoms with E-state index in [0.717, 1.165) is 19.4 Å². The summed E-state index contributed by atoms with van der Waals surface area (Å²) >= 11 is 5.64. The Kier molecular flexibility index (Phi) is 6.98. The molecular formula is C16H15BrINO3. The molecule has 2 rings (SSSR count). The van der Waals surface area contributed by atoms with Crippen molar-refractivity contribution >= 4 is 44.6 Å². The molecule has 0 fully saturated rings. The molecule has 2 aromatic rings. The summed E-state index contributed by atoms with van der Waals surface area (Å²) in [5.41, 5.74) is 0.955. The van der Waals surface area contributed by atoms with Crippen LogP contribution in [0.1, 0.15) is 5.56 Å². The molecule has 0 saturated carbocycles. The van der Waals surface area contributed by atoms with Crippen LogP contribution in [-0.2, 0) is 11.3 Å². The van der Waals surface area contributed by atoms with Gasteiger partial charge in [-0.2, -0.15) is 0 Å². The van der Waals surface area contributed by atoms with Gasteiger partial charge in [0.15, 0.2) is 0 Å². The third-order valence-electron chi connectivity index (χ3n) is 2.73. The molecule has 1 amide bonds. The van der Waals surface area contributed by atoms with E-state index in [2.05, 4.69) is 43.8 Å². The molecule has 0 aromatic heterocycles. The SMILES string of the molecule is O=C(NCCOc1cc(I)ccc1Br)OCc1ccccc1. The van der Waals surface area contributed by atoms with Gasteiger partial charge in [-0.05, 0) is 62.3 Å². The van der Waals surface area contributed by atoms with Gasteiger partial charge >= 0.3 is 6.09 Å². The zero-order valence-corrected chi connectivity index (χ0v) is 15.5. The maximum absolute atomic E-state index is 11.5. The second kappa shape index (κ2) is 8.99. The molecule has 6 heteroatoms. The molecule has 1 N–H and O–H groups in total. The maximum atomic E-state index is 11.5. The number of amides is 1. The van der Waals surface area contributed by atoms with Crippen LogP contribution in [0.15, 0.2) is 53.0 Å². The van der Waals surface area contributed by atoms with Crippen molar-refractivity contribution < 1.29 is 14.3 Å². The van der Waals surface area contributed by atoms with E-state index < -0.39 is 6.09 Å². The fourth-order valence-electron chi connectivity index (χ4n) is 1.68. The van der Waals surface area contributed by atoms with Crippen molar-refractivity contribution in [3.05, 3.63) is 62.1 Å². The molecule has 116 valence electrons. The lowest BCUT2D eigenvalue weighted by molar-refractivity contribution is 0.137. The van der Waals surface area contributed by atoms with Crippen LogP contribution in [-0.4, -0.2) is 19.2 Å². The number of hydrogen-bond acceptors (Lipinski definition) is 3. The number of rotatable bonds is 6. The first-order valence-electron chi connectivity index (χ1n) is 6.67. The average molecular weight is 476 g/mol. The van der Waals surface area contributed by atoms with Crippen LogP contribution in [0, 0.1) is 3.57 Å². The van der Waals surface area contributed by atoms with E-state index in [1.165, 1.54) is 0 Å². The van der Waals surface area contributed by atoms with Crippen molar-refractivity contribution in [2.24, 2.45) is 0 Å². The number of carbonyl (C=O) groups excluding carboxylic acids is 1. The van der Waals surface area contributed by atoms with Crippen molar-refractivity contribution in [2.75, 3.05) is 13.2 Å². The topological polar surface area (TPSA) is 47.6 Å². The number of nitrogens with one attached hydrogen (secondary N) is 1. The standard InChI is InChI=1S/C16H15BrINO3/c17-14-7-6-13(18)10-15(14)21-9-8-19-16(20)22-11-12-4-2-1-3-5-12/h1-7,10H,8-9,11H2,(H,19,20). The van der Waals surface area contributed by atoms with Gasteiger partial charge in [0.25, 0.3) is 0 Å². The van der Waals surface area contributed by atoms with Crippen LogP contribution in [0.3, 0.4) is 0 Å². The molecule has 0 spiro atoms. The summed E-state index contributed by atoms with van der Waals surface area (Å²) in [5.74, 6) is 0.756. The zero-order valence-electron chi connectivity index (χ0n) is 11.7. The smallest absolute Gasteiger partial charge is 0.407 e.